The van der Waals surface area contributed by atoms with Crippen LogP contribution in [0.15, 0.2) is 42.7 Å². The number of benzene rings is 1. The van der Waals surface area contributed by atoms with Crippen LogP contribution in [-0.2, 0) is 4.79 Å². The Morgan fingerprint density at radius 1 is 1.03 bits per heavy atom. The Morgan fingerprint density at radius 2 is 1.80 bits per heavy atom. The SMILES string of the molecule is O=C(NCCN1CCN(c2ncccn2)CC1)C1CC2CCCCC2N1C(=O)c1cccc(Cl)c1. The number of nitrogens with zero attached hydrogens (tertiary/aromatic N) is 5. The summed E-state index contributed by atoms with van der Waals surface area (Å²) in [5, 5.41) is 3.67. The van der Waals surface area contributed by atoms with Crippen LogP contribution in [0.1, 0.15) is 42.5 Å². The first-order chi connectivity index (χ1) is 17.1. The van der Waals surface area contributed by atoms with Crippen LogP contribution < -0.4 is 10.2 Å². The molecular formula is C26H33ClN6O2. The van der Waals surface area contributed by atoms with E-state index in [2.05, 4.69) is 25.1 Å². The fraction of sp³-hybridized carbons (Fsp3) is 0.538. The zero-order valence-corrected chi connectivity index (χ0v) is 20.7. The van der Waals surface area contributed by atoms with E-state index in [1.54, 1.807) is 36.7 Å². The predicted octanol–water partition coefficient (Wildman–Crippen LogP) is 2.84. The van der Waals surface area contributed by atoms with E-state index in [-0.39, 0.29) is 17.9 Å². The minimum atomic E-state index is -0.415. The van der Waals surface area contributed by atoms with Gasteiger partial charge in [0.1, 0.15) is 6.04 Å². The molecule has 3 aliphatic rings. The van der Waals surface area contributed by atoms with E-state index in [0.29, 0.717) is 23.0 Å². The molecule has 3 fully saturated rings. The van der Waals surface area contributed by atoms with Gasteiger partial charge in [0, 0.05) is 68.3 Å². The van der Waals surface area contributed by atoms with E-state index in [4.69, 9.17) is 11.6 Å². The van der Waals surface area contributed by atoms with Crippen LogP contribution in [-0.4, -0.2) is 82.9 Å². The lowest BCUT2D eigenvalue weighted by atomic mass is 9.84. The number of halogens is 1. The van der Waals surface area contributed by atoms with Crippen molar-refractivity contribution in [2.45, 2.75) is 44.2 Å². The van der Waals surface area contributed by atoms with Gasteiger partial charge in [-0.2, -0.15) is 0 Å². The maximum Gasteiger partial charge on any atom is 0.254 e. The Kier molecular flexibility index (Phi) is 7.48. The van der Waals surface area contributed by atoms with Gasteiger partial charge < -0.3 is 15.1 Å². The molecule has 1 aliphatic carbocycles. The molecule has 0 bridgehead atoms. The second kappa shape index (κ2) is 10.9. The Hall–Kier alpha value is -2.71. The van der Waals surface area contributed by atoms with E-state index in [1.807, 2.05) is 11.0 Å². The van der Waals surface area contributed by atoms with Crippen LogP contribution in [0, 0.1) is 5.92 Å². The summed E-state index contributed by atoms with van der Waals surface area (Å²) in [6.07, 6.45) is 8.62. The van der Waals surface area contributed by atoms with Crippen LogP contribution in [0.5, 0.6) is 0 Å². The third kappa shape index (κ3) is 5.43. The molecule has 3 unspecified atom stereocenters. The van der Waals surface area contributed by atoms with Crippen molar-refractivity contribution in [1.82, 2.24) is 25.1 Å². The minimum absolute atomic E-state index is 0.0360. The molecule has 2 aliphatic heterocycles. The Morgan fingerprint density at radius 3 is 2.57 bits per heavy atom. The van der Waals surface area contributed by atoms with Gasteiger partial charge in [0.05, 0.1) is 0 Å². The number of hydrogen-bond acceptors (Lipinski definition) is 6. The number of aromatic nitrogens is 2. The maximum absolute atomic E-state index is 13.5. The third-order valence-corrected chi connectivity index (χ3v) is 7.87. The fourth-order valence-corrected chi connectivity index (χ4v) is 6.03. The van der Waals surface area contributed by atoms with Crippen LogP contribution in [0.2, 0.25) is 5.02 Å². The van der Waals surface area contributed by atoms with Gasteiger partial charge in [0.15, 0.2) is 0 Å². The number of nitrogens with one attached hydrogen (secondary N) is 1. The molecule has 0 spiro atoms. The summed E-state index contributed by atoms with van der Waals surface area (Å²) >= 11 is 6.15. The number of carbonyl (C=O) groups excluding carboxylic acids is 2. The fourth-order valence-electron chi connectivity index (χ4n) is 5.84. The van der Waals surface area contributed by atoms with Gasteiger partial charge in [-0.3, -0.25) is 14.5 Å². The lowest BCUT2D eigenvalue weighted by Crippen LogP contribution is -2.52. The molecule has 5 rings (SSSR count). The zero-order valence-electron chi connectivity index (χ0n) is 20.0. The van der Waals surface area contributed by atoms with Gasteiger partial charge in [-0.05, 0) is 49.4 Å². The minimum Gasteiger partial charge on any atom is -0.353 e. The first kappa shape index (κ1) is 24.0. The average molecular weight is 497 g/mol. The molecule has 1 saturated carbocycles. The van der Waals surface area contributed by atoms with Crippen molar-refractivity contribution >= 4 is 29.4 Å². The predicted molar refractivity (Wildman–Crippen MR) is 135 cm³/mol. The van der Waals surface area contributed by atoms with Gasteiger partial charge in [-0.25, -0.2) is 9.97 Å². The molecule has 1 N–H and O–H groups in total. The molecule has 2 amide bonds. The number of piperazine rings is 1. The lowest BCUT2D eigenvalue weighted by Gasteiger charge is -2.35. The topological polar surface area (TPSA) is 81.7 Å². The number of rotatable bonds is 6. The molecule has 3 atom stereocenters. The van der Waals surface area contributed by atoms with Crippen molar-refractivity contribution in [3.05, 3.63) is 53.3 Å². The van der Waals surface area contributed by atoms with Crippen molar-refractivity contribution in [3.63, 3.8) is 0 Å². The van der Waals surface area contributed by atoms with Crippen LogP contribution in [0.4, 0.5) is 5.95 Å². The van der Waals surface area contributed by atoms with Crippen LogP contribution >= 0.6 is 11.6 Å². The van der Waals surface area contributed by atoms with E-state index in [0.717, 1.165) is 64.4 Å². The summed E-state index contributed by atoms with van der Waals surface area (Å²) in [7, 11) is 0. The Bertz CT molecular complexity index is 1030. The summed E-state index contributed by atoms with van der Waals surface area (Å²) in [5.74, 6) is 1.05. The van der Waals surface area contributed by atoms with Gasteiger partial charge in [0.25, 0.3) is 5.91 Å². The quantitative estimate of drug-likeness (QED) is 0.662. The molecule has 8 nitrogen and oxygen atoms in total. The summed E-state index contributed by atoms with van der Waals surface area (Å²) < 4.78 is 0. The van der Waals surface area contributed by atoms with Crippen molar-refractivity contribution in [1.29, 1.82) is 0 Å². The van der Waals surface area contributed by atoms with Gasteiger partial charge in [-0.15, -0.1) is 0 Å². The number of fused-ring (bicyclic) bond motifs is 1. The largest absolute Gasteiger partial charge is 0.353 e. The highest BCUT2D eigenvalue weighted by molar-refractivity contribution is 6.31. The summed E-state index contributed by atoms with van der Waals surface area (Å²) in [5.41, 5.74) is 0.557. The zero-order chi connectivity index (χ0) is 24.2. The van der Waals surface area contributed by atoms with Crippen LogP contribution in [0.3, 0.4) is 0 Å². The molecule has 1 aromatic carbocycles. The first-order valence-corrected chi connectivity index (χ1v) is 13.1. The van der Waals surface area contributed by atoms with Crippen molar-refractivity contribution in [2.24, 2.45) is 5.92 Å². The van der Waals surface area contributed by atoms with E-state index in [9.17, 15) is 9.59 Å². The summed E-state index contributed by atoms with van der Waals surface area (Å²) in [6, 6.07) is 8.60. The molecule has 2 aromatic rings. The van der Waals surface area contributed by atoms with Gasteiger partial charge >= 0.3 is 0 Å². The number of carbonyl (C=O) groups is 2. The van der Waals surface area contributed by atoms with E-state index >= 15 is 0 Å². The highest BCUT2D eigenvalue weighted by atomic mass is 35.5. The molecule has 3 heterocycles. The van der Waals surface area contributed by atoms with Crippen LogP contribution in [0.25, 0.3) is 0 Å². The number of hydrogen-bond donors (Lipinski definition) is 1. The summed E-state index contributed by atoms with van der Waals surface area (Å²) in [6.45, 7) is 4.91. The van der Waals surface area contributed by atoms with Crippen molar-refractivity contribution < 1.29 is 9.59 Å². The highest BCUT2D eigenvalue weighted by Gasteiger charge is 2.47. The van der Waals surface area contributed by atoms with Crippen molar-refractivity contribution in [3.8, 4) is 0 Å². The van der Waals surface area contributed by atoms with E-state index in [1.165, 1.54) is 6.42 Å². The second-order valence-corrected chi connectivity index (χ2v) is 10.2. The molecular weight excluding hydrogens is 464 g/mol. The van der Waals surface area contributed by atoms with Crippen molar-refractivity contribution in [2.75, 3.05) is 44.2 Å². The first-order valence-electron chi connectivity index (χ1n) is 12.7. The Labute approximate surface area is 211 Å². The molecule has 0 radical (unpaired) electrons. The molecule has 35 heavy (non-hydrogen) atoms. The average Bonchev–Trinajstić information content (AvgIpc) is 3.29. The number of amides is 2. The molecule has 186 valence electrons. The smallest absolute Gasteiger partial charge is 0.254 e. The van der Waals surface area contributed by atoms with Gasteiger partial charge in [-0.1, -0.05) is 30.5 Å². The maximum atomic E-state index is 13.5. The van der Waals surface area contributed by atoms with E-state index < -0.39 is 6.04 Å². The summed E-state index contributed by atoms with van der Waals surface area (Å²) in [4.78, 5) is 41.9. The second-order valence-electron chi connectivity index (χ2n) is 9.75. The normalized spacial score (nSPS) is 24.8. The third-order valence-electron chi connectivity index (χ3n) is 7.63. The number of likely N-dealkylation sites (tertiary alicyclic amines) is 1. The molecule has 1 aromatic heterocycles. The molecule has 9 heteroatoms. The number of anilines is 1. The standard InChI is InChI=1S/C26H33ClN6O2/c27-21-7-3-6-20(17-21)25(35)33-22-8-2-1-5-19(22)18-23(33)24(34)28-11-12-31-13-15-32(16-14-31)26-29-9-4-10-30-26/h3-4,6-7,9-10,17,19,22-23H,1-2,5,8,11-16,18H2,(H,28,34). The van der Waals surface area contributed by atoms with Gasteiger partial charge in [0.2, 0.25) is 11.9 Å². The molecule has 2 saturated heterocycles. The lowest BCUT2D eigenvalue weighted by molar-refractivity contribution is -0.125. The monoisotopic (exact) mass is 496 g/mol. The Balaban J connectivity index is 1.17. The highest BCUT2D eigenvalue weighted by Crippen LogP contribution is 2.40.